The molecule has 0 heterocycles. The Hall–Kier alpha value is -2.49. The molecule has 4 heteroatoms. The second-order valence-electron chi connectivity index (χ2n) is 5.79. The number of rotatable bonds is 2. The molecule has 2 aromatic carbocycles. The first-order valence-electron chi connectivity index (χ1n) is 6.80. The predicted octanol–water partition coefficient (Wildman–Crippen LogP) is 4.28. The van der Waals surface area contributed by atoms with E-state index in [1.165, 1.54) is 0 Å². The average Bonchev–Trinajstić information content (AvgIpc) is 2.38. The molecule has 4 nitrogen and oxygen atoms in total. The number of hydrogen-bond acceptors (Lipinski definition) is 3. The van der Waals surface area contributed by atoms with E-state index < -0.39 is 11.7 Å². The second-order valence-corrected chi connectivity index (χ2v) is 5.79. The first-order valence-corrected chi connectivity index (χ1v) is 6.80. The van der Waals surface area contributed by atoms with Crippen molar-refractivity contribution < 1.29 is 9.53 Å². The maximum absolute atomic E-state index is 11.9. The number of anilines is 2. The van der Waals surface area contributed by atoms with Crippen LogP contribution < -0.4 is 11.1 Å². The van der Waals surface area contributed by atoms with E-state index >= 15 is 0 Å². The molecule has 110 valence electrons. The number of nitrogens with two attached hydrogens (primary N) is 1. The van der Waals surface area contributed by atoms with E-state index in [2.05, 4.69) is 5.32 Å². The van der Waals surface area contributed by atoms with Gasteiger partial charge >= 0.3 is 6.09 Å². The number of amides is 1. The SMILES string of the molecule is CC(C)(C)OC(=O)Nc1ccccc1-c1ccc(N)cc1. The molecule has 0 unspecified atom stereocenters. The van der Waals surface area contributed by atoms with E-state index in [-0.39, 0.29) is 0 Å². The third-order valence-corrected chi connectivity index (χ3v) is 2.78. The smallest absolute Gasteiger partial charge is 0.412 e. The lowest BCUT2D eigenvalue weighted by atomic mass is 10.0. The zero-order valence-corrected chi connectivity index (χ0v) is 12.5. The van der Waals surface area contributed by atoms with Crippen LogP contribution in [0.25, 0.3) is 11.1 Å². The van der Waals surface area contributed by atoms with Gasteiger partial charge in [-0.05, 0) is 44.5 Å². The number of para-hydroxylation sites is 1. The normalized spacial score (nSPS) is 11.0. The highest BCUT2D eigenvalue weighted by atomic mass is 16.6. The van der Waals surface area contributed by atoms with Gasteiger partial charge in [-0.3, -0.25) is 5.32 Å². The summed E-state index contributed by atoms with van der Waals surface area (Å²) in [6.45, 7) is 5.50. The van der Waals surface area contributed by atoms with Crippen molar-refractivity contribution in [2.75, 3.05) is 11.1 Å². The van der Waals surface area contributed by atoms with E-state index in [0.29, 0.717) is 11.4 Å². The Kier molecular flexibility index (Phi) is 4.17. The molecule has 0 radical (unpaired) electrons. The Bertz CT molecular complexity index is 628. The van der Waals surface area contributed by atoms with Gasteiger partial charge in [0.15, 0.2) is 0 Å². The highest BCUT2D eigenvalue weighted by Crippen LogP contribution is 2.28. The molecule has 0 aliphatic rings. The summed E-state index contributed by atoms with van der Waals surface area (Å²) in [7, 11) is 0. The summed E-state index contributed by atoms with van der Waals surface area (Å²) >= 11 is 0. The molecule has 0 atom stereocenters. The molecular weight excluding hydrogens is 264 g/mol. The number of ether oxygens (including phenoxy) is 1. The second kappa shape index (κ2) is 5.87. The van der Waals surface area contributed by atoms with Crippen LogP contribution in [0, 0.1) is 0 Å². The summed E-state index contributed by atoms with van der Waals surface area (Å²) in [5.41, 5.74) is 8.49. The fourth-order valence-corrected chi connectivity index (χ4v) is 1.92. The van der Waals surface area contributed by atoms with Crippen molar-refractivity contribution in [2.24, 2.45) is 0 Å². The Morgan fingerprint density at radius 1 is 1.05 bits per heavy atom. The maximum Gasteiger partial charge on any atom is 0.412 e. The van der Waals surface area contributed by atoms with Crippen molar-refractivity contribution in [3.8, 4) is 11.1 Å². The lowest BCUT2D eigenvalue weighted by molar-refractivity contribution is 0.0636. The summed E-state index contributed by atoms with van der Waals surface area (Å²) in [4.78, 5) is 11.9. The van der Waals surface area contributed by atoms with Gasteiger partial charge in [0.2, 0.25) is 0 Å². The zero-order chi connectivity index (χ0) is 15.5. The molecule has 0 saturated heterocycles. The average molecular weight is 284 g/mol. The van der Waals surface area contributed by atoms with Gasteiger partial charge in [-0.1, -0.05) is 30.3 Å². The highest BCUT2D eigenvalue weighted by Gasteiger charge is 2.17. The number of nitrogen functional groups attached to an aromatic ring is 1. The number of carbonyl (C=O) groups is 1. The third kappa shape index (κ3) is 4.24. The molecule has 0 bridgehead atoms. The molecular formula is C17H20N2O2. The summed E-state index contributed by atoms with van der Waals surface area (Å²) < 4.78 is 5.28. The minimum absolute atomic E-state index is 0.467. The van der Waals surface area contributed by atoms with Crippen molar-refractivity contribution in [3.05, 3.63) is 48.5 Å². The fraction of sp³-hybridized carbons (Fsp3) is 0.235. The highest BCUT2D eigenvalue weighted by molar-refractivity contribution is 5.91. The summed E-state index contributed by atoms with van der Waals surface area (Å²) in [5, 5.41) is 2.79. The summed E-state index contributed by atoms with van der Waals surface area (Å²) in [6.07, 6.45) is -0.467. The monoisotopic (exact) mass is 284 g/mol. The van der Waals surface area contributed by atoms with E-state index in [0.717, 1.165) is 11.1 Å². The van der Waals surface area contributed by atoms with E-state index in [9.17, 15) is 4.79 Å². The Morgan fingerprint density at radius 2 is 1.67 bits per heavy atom. The van der Waals surface area contributed by atoms with Gasteiger partial charge in [0.25, 0.3) is 0 Å². The Labute approximate surface area is 124 Å². The standard InChI is InChI=1S/C17H20N2O2/c1-17(2,3)21-16(20)19-15-7-5-4-6-14(15)12-8-10-13(18)11-9-12/h4-11H,18H2,1-3H3,(H,19,20). The fourth-order valence-electron chi connectivity index (χ4n) is 1.92. The van der Waals surface area contributed by atoms with Crippen LogP contribution in [0.5, 0.6) is 0 Å². The molecule has 0 aliphatic heterocycles. The zero-order valence-electron chi connectivity index (χ0n) is 12.5. The van der Waals surface area contributed by atoms with E-state index in [1.54, 1.807) is 0 Å². The number of benzene rings is 2. The number of nitrogens with one attached hydrogen (secondary N) is 1. The molecule has 0 aliphatic carbocycles. The molecule has 0 saturated carbocycles. The predicted molar refractivity (Wildman–Crippen MR) is 86.1 cm³/mol. The van der Waals surface area contributed by atoms with Crippen LogP contribution in [0.1, 0.15) is 20.8 Å². The van der Waals surface area contributed by atoms with Crippen molar-refractivity contribution in [1.29, 1.82) is 0 Å². The van der Waals surface area contributed by atoms with Crippen LogP contribution in [0.2, 0.25) is 0 Å². The van der Waals surface area contributed by atoms with Crippen LogP contribution in [-0.2, 0) is 4.74 Å². The molecule has 3 N–H and O–H groups in total. The van der Waals surface area contributed by atoms with Crippen molar-refractivity contribution in [3.63, 3.8) is 0 Å². The lowest BCUT2D eigenvalue weighted by Gasteiger charge is -2.20. The third-order valence-electron chi connectivity index (χ3n) is 2.78. The quantitative estimate of drug-likeness (QED) is 0.809. The molecule has 0 spiro atoms. The Balaban J connectivity index is 2.25. The van der Waals surface area contributed by atoms with Crippen LogP contribution in [-0.4, -0.2) is 11.7 Å². The van der Waals surface area contributed by atoms with Crippen LogP contribution in [0.4, 0.5) is 16.2 Å². The Morgan fingerprint density at radius 3 is 2.29 bits per heavy atom. The van der Waals surface area contributed by atoms with Crippen LogP contribution >= 0.6 is 0 Å². The molecule has 2 aromatic rings. The van der Waals surface area contributed by atoms with Gasteiger partial charge < -0.3 is 10.5 Å². The minimum Gasteiger partial charge on any atom is -0.444 e. The first kappa shape index (κ1) is 14.9. The van der Waals surface area contributed by atoms with Gasteiger partial charge in [-0.25, -0.2) is 4.79 Å². The molecule has 1 amide bonds. The maximum atomic E-state index is 11.9. The number of carbonyl (C=O) groups excluding carboxylic acids is 1. The van der Waals surface area contributed by atoms with Crippen molar-refractivity contribution in [1.82, 2.24) is 0 Å². The lowest BCUT2D eigenvalue weighted by Crippen LogP contribution is -2.27. The van der Waals surface area contributed by atoms with E-state index in [1.807, 2.05) is 69.3 Å². The van der Waals surface area contributed by atoms with Gasteiger partial charge in [0.1, 0.15) is 5.60 Å². The molecule has 0 aromatic heterocycles. The first-order chi connectivity index (χ1) is 9.85. The molecule has 21 heavy (non-hydrogen) atoms. The summed E-state index contributed by atoms with van der Waals surface area (Å²) in [6, 6.07) is 15.1. The van der Waals surface area contributed by atoms with E-state index in [4.69, 9.17) is 10.5 Å². The van der Waals surface area contributed by atoms with Gasteiger partial charge in [-0.15, -0.1) is 0 Å². The number of hydrogen-bond donors (Lipinski definition) is 2. The topological polar surface area (TPSA) is 64.3 Å². The minimum atomic E-state index is -0.528. The van der Waals surface area contributed by atoms with Crippen LogP contribution in [0.3, 0.4) is 0 Å². The summed E-state index contributed by atoms with van der Waals surface area (Å²) in [5.74, 6) is 0. The molecule has 0 fully saturated rings. The molecule has 2 rings (SSSR count). The van der Waals surface area contributed by atoms with Crippen molar-refractivity contribution in [2.45, 2.75) is 26.4 Å². The largest absolute Gasteiger partial charge is 0.444 e. The van der Waals surface area contributed by atoms with Gasteiger partial charge in [-0.2, -0.15) is 0 Å². The van der Waals surface area contributed by atoms with Gasteiger partial charge in [0, 0.05) is 11.3 Å². The van der Waals surface area contributed by atoms with Crippen molar-refractivity contribution >= 4 is 17.5 Å². The van der Waals surface area contributed by atoms with Crippen LogP contribution in [0.15, 0.2) is 48.5 Å². The van der Waals surface area contributed by atoms with Gasteiger partial charge in [0.05, 0.1) is 5.69 Å².